The van der Waals surface area contributed by atoms with Crippen LogP contribution in [0.15, 0.2) is 52.7 Å². The number of thiophene rings is 1. The molecule has 1 aromatic heterocycles. The third-order valence-corrected chi connectivity index (χ3v) is 14.2. The van der Waals surface area contributed by atoms with Gasteiger partial charge in [-0.3, -0.25) is 9.59 Å². The van der Waals surface area contributed by atoms with E-state index in [1.807, 2.05) is 49.4 Å². The Hall–Kier alpha value is -3.46. The van der Waals surface area contributed by atoms with Gasteiger partial charge in [0.1, 0.15) is 24.3 Å². The SMILES string of the molecule is [C-]#[N+]c1sc(N=Nc2ccc(N(CCOCCOCCOC(=O)CC(C/C=C/CCCCCCCCC)C(=O)[O-])CCOCCOC(=O)CC(C/C=C/CCCCCCCCCCCCC)C(=O)[O-])cc2C)c(C#N)c1C.[Na+].[Na+]. The fourth-order valence-electron chi connectivity index (χ4n) is 8.36. The first kappa shape index (κ1) is 75.5. The number of esters is 2. The molecule has 0 saturated heterocycles. The van der Waals surface area contributed by atoms with E-state index < -0.39 is 35.7 Å². The number of anilines is 1. The number of aliphatic carboxylic acids is 2. The molecule has 0 amide bonds. The largest absolute Gasteiger partial charge is 1.00 e. The number of carboxylic acids is 2. The van der Waals surface area contributed by atoms with Crippen LogP contribution in [0.2, 0.25) is 0 Å². The average molecular weight is 1130 g/mol. The minimum Gasteiger partial charge on any atom is -0.550 e. The van der Waals surface area contributed by atoms with E-state index in [2.05, 4.69) is 39.9 Å². The number of nitrogens with zero attached hydrogens (tertiary/aromatic N) is 5. The van der Waals surface area contributed by atoms with Crippen LogP contribution >= 0.6 is 11.3 Å². The van der Waals surface area contributed by atoms with E-state index in [1.165, 1.54) is 89.9 Å². The number of carboxylic acid groups (broad SMARTS) is 2. The Bertz CT molecular complexity index is 2160. The fourth-order valence-corrected chi connectivity index (χ4v) is 9.23. The molecule has 2 rings (SSSR count). The van der Waals surface area contributed by atoms with Crippen molar-refractivity contribution in [1.29, 1.82) is 5.26 Å². The van der Waals surface area contributed by atoms with Crippen molar-refractivity contribution in [3.63, 3.8) is 0 Å². The summed E-state index contributed by atoms with van der Waals surface area (Å²) in [6, 6.07) is 7.76. The standard InChI is InChI=1S/C60H91N5O11S.2Na/c1-6-8-10-12-14-16-18-19-20-21-23-25-27-29-30-50(59(68)69)45-55(66)75-42-40-73-37-35-65(52-32-33-54(48(3)44-52)63-64-58-53(47-61)49(4)57(62-5)77-58)34-36-72-38-39-74-41-43-76-56(67)46-51(60(70)71)31-28-26-24-22-17-15-13-11-9-7-2;;/h26-29,32-33,44,50-51H,6-25,30-31,34-43,45-46H2,1-4H3,(H,68,69)(H,70,71);;/q;2*+1/p-2/b28-26+,29-27+,64-63?;;. The number of unbranched alkanes of at least 4 members (excludes halogenated alkanes) is 18. The van der Waals surface area contributed by atoms with E-state index in [9.17, 15) is 34.7 Å². The summed E-state index contributed by atoms with van der Waals surface area (Å²) in [6.45, 7) is 17.6. The fraction of sp³-hybridized carbons (Fsp3) is 0.667. The molecular weight excluding hydrogens is 1040 g/mol. The minimum absolute atomic E-state index is 0. The average Bonchev–Trinajstić information content (AvgIpc) is 3.75. The summed E-state index contributed by atoms with van der Waals surface area (Å²) >= 11 is 1.12. The predicted octanol–water partition coefficient (Wildman–Crippen LogP) is 6.40. The van der Waals surface area contributed by atoms with Crippen molar-refractivity contribution in [2.45, 2.75) is 182 Å². The van der Waals surface area contributed by atoms with Crippen LogP contribution in [-0.4, -0.2) is 89.8 Å². The van der Waals surface area contributed by atoms with Crippen LogP contribution < -0.4 is 74.2 Å². The van der Waals surface area contributed by atoms with Crippen LogP contribution in [0.25, 0.3) is 4.85 Å². The van der Waals surface area contributed by atoms with Crippen molar-refractivity contribution in [1.82, 2.24) is 0 Å². The number of azo groups is 1. The third-order valence-electron chi connectivity index (χ3n) is 13.1. The van der Waals surface area contributed by atoms with Crippen molar-refractivity contribution < 1.29 is 112 Å². The normalized spacial score (nSPS) is 12.0. The smallest absolute Gasteiger partial charge is 0.550 e. The van der Waals surface area contributed by atoms with Gasteiger partial charge in [-0.05, 0) is 81.7 Å². The molecule has 79 heavy (non-hydrogen) atoms. The number of hydrogen-bond donors (Lipinski definition) is 0. The molecule has 2 unspecified atom stereocenters. The van der Waals surface area contributed by atoms with Gasteiger partial charge in [0.05, 0.1) is 70.3 Å². The molecule has 0 aliphatic heterocycles. The molecule has 0 aliphatic carbocycles. The summed E-state index contributed by atoms with van der Waals surface area (Å²) in [4.78, 5) is 54.0. The summed E-state index contributed by atoms with van der Waals surface area (Å²) in [6.07, 6.45) is 31.6. The summed E-state index contributed by atoms with van der Waals surface area (Å²) in [5.41, 5.74) is 3.16. The Morgan fingerprint density at radius 3 is 1.49 bits per heavy atom. The zero-order valence-corrected chi connectivity index (χ0v) is 53.7. The zero-order chi connectivity index (χ0) is 56.1. The Balaban J connectivity index is 0.0000304. The third kappa shape index (κ3) is 36.6. The first-order valence-corrected chi connectivity index (χ1v) is 29.2. The number of aryl methyl sites for hydroxylation is 1. The van der Waals surface area contributed by atoms with Crippen LogP contribution in [0.1, 0.15) is 185 Å². The van der Waals surface area contributed by atoms with Gasteiger partial charge < -0.3 is 48.4 Å². The van der Waals surface area contributed by atoms with E-state index in [4.69, 9.17) is 30.3 Å². The zero-order valence-electron chi connectivity index (χ0n) is 48.9. The quantitative estimate of drug-likeness (QED) is 0.0175. The van der Waals surface area contributed by atoms with Gasteiger partial charge in [-0.1, -0.05) is 141 Å². The maximum atomic E-state index is 12.6. The van der Waals surface area contributed by atoms with E-state index >= 15 is 0 Å². The molecule has 1 heterocycles. The van der Waals surface area contributed by atoms with Crippen molar-refractivity contribution in [3.8, 4) is 6.07 Å². The second-order valence-electron chi connectivity index (χ2n) is 19.5. The number of allylic oxidation sites excluding steroid dienone is 4. The van der Waals surface area contributed by atoms with Gasteiger partial charge in [0.25, 0.3) is 0 Å². The van der Waals surface area contributed by atoms with Gasteiger partial charge in [-0.25, -0.2) is 4.85 Å². The molecule has 0 spiro atoms. The van der Waals surface area contributed by atoms with Crippen LogP contribution in [0.3, 0.4) is 0 Å². The Morgan fingerprint density at radius 1 is 0.646 bits per heavy atom. The van der Waals surface area contributed by atoms with Crippen molar-refractivity contribution >= 4 is 56.6 Å². The van der Waals surface area contributed by atoms with Crippen LogP contribution in [-0.2, 0) is 42.9 Å². The molecule has 0 N–H and O–H groups in total. The van der Waals surface area contributed by atoms with Crippen molar-refractivity contribution in [2.24, 2.45) is 22.1 Å². The van der Waals surface area contributed by atoms with E-state index in [1.54, 1.807) is 6.92 Å². The van der Waals surface area contributed by atoms with E-state index in [0.29, 0.717) is 46.5 Å². The molecule has 1 aromatic carbocycles. The molecule has 2 aromatic rings. The van der Waals surface area contributed by atoms with Crippen LogP contribution in [0, 0.1) is 43.6 Å². The molecule has 0 fully saturated rings. The first-order chi connectivity index (χ1) is 37.4. The van der Waals surface area contributed by atoms with Gasteiger partial charge in [-0.2, -0.15) is 5.26 Å². The minimum atomic E-state index is -1.28. The molecule has 0 radical (unpaired) electrons. The Kier molecular flexibility index (Phi) is 48.1. The second-order valence-corrected chi connectivity index (χ2v) is 20.4. The summed E-state index contributed by atoms with van der Waals surface area (Å²) in [7, 11) is 0. The van der Waals surface area contributed by atoms with Gasteiger partial charge in [0.2, 0.25) is 5.00 Å². The summed E-state index contributed by atoms with van der Waals surface area (Å²) < 4.78 is 27.8. The molecule has 2 atom stereocenters. The number of ether oxygens (including phenoxy) is 5. The number of rotatable bonds is 48. The van der Waals surface area contributed by atoms with E-state index in [0.717, 1.165) is 61.1 Å². The molecular formula is C60H89N5Na2O11S. The molecule has 0 aliphatic rings. The number of benzene rings is 1. The van der Waals surface area contributed by atoms with Crippen molar-refractivity contribution in [2.75, 3.05) is 70.8 Å². The summed E-state index contributed by atoms with van der Waals surface area (Å²) in [5.74, 6) is -5.75. The molecule has 428 valence electrons. The van der Waals surface area contributed by atoms with Gasteiger partial charge in [0, 0.05) is 42.6 Å². The van der Waals surface area contributed by atoms with Crippen LogP contribution in [0.5, 0.6) is 0 Å². The molecule has 19 heteroatoms. The topological polar surface area (TPSA) is 217 Å². The number of carbonyl (C=O) groups is 4. The number of hydrogen-bond acceptors (Lipinski definition) is 16. The monoisotopic (exact) mass is 1130 g/mol. The van der Waals surface area contributed by atoms with E-state index in [-0.39, 0.29) is 131 Å². The maximum absolute atomic E-state index is 12.6. The summed E-state index contributed by atoms with van der Waals surface area (Å²) in [5, 5.41) is 42.6. The molecule has 0 saturated carbocycles. The van der Waals surface area contributed by atoms with Gasteiger partial charge in [-0.15, -0.1) is 21.6 Å². The number of nitriles is 1. The molecule has 16 nitrogen and oxygen atoms in total. The van der Waals surface area contributed by atoms with Crippen molar-refractivity contribution in [3.05, 3.63) is 70.6 Å². The second kappa shape index (κ2) is 50.3. The Labute approximate surface area is 521 Å². The number of carbonyl (C=O) groups excluding carboxylic acids is 4. The first-order valence-electron chi connectivity index (χ1n) is 28.4. The predicted molar refractivity (Wildman–Crippen MR) is 299 cm³/mol. The molecule has 0 bridgehead atoms. The van der Waals surface area contributed by atoms with Gasteiger partial charge >= 0.3 is 71.1 Å². The Morgan fingerprint density at radius 2 is 1.08 bits per heavy atom. The van der Waals surface area contributed by atoms with Crippen LogP contribution in [0.4, 0.5) is 21.4 Å². The maximum Gasteiger partial charge on any atom is 1.00 e. The van der Waals surface area contributed by atoms with Gasteiger partial charge in [0.15, 0.2) is 0 Å².